The second-order valence-corrected chi connectivity index (χ2v) is 5.73. The summed E-state index contributed by atoms with van der Waals surface area (Å²) in [4.78, 5) is 6.67. The van der Waals surface area contributed by atoms with Gasteiger partial charge < -0.3 is 10.2 Å². The van der Waals surface area contributed by atoms with E-state index in [2.05, 4.69) is 47.1 Å². The van der Waals surface area contributed by atoms with Crippen LogP contribution in [-0.4, -0.2) is 54.1 Å². The van der Waals surface area contributed by atoms with E-state index in [1.165, 1.54) is 23.6 Å². The van der Waals surface area contributed by atoms with Crippen molar-refractivity contribution in [1.82, 2.24) is 15.2 Å². The molecule has 0 radical (unpaired) electrons. The lowest BCUT2D eigenvalue weighted by Gasteiger charge is -2.37. The zero-order valence-electron chi connectivity index (χ0n) is 10.6. The molecule has 17 heavy (non-hydrogen) atoms. The zero-order valence-corrected chi connectivity index (χ0v) is 11.4. The summed E-state index contributed by atoms with van der Waals surface area (Å²) in [5, 5.41) is 3.47. The number of aromatic nitrogens is 1. The summed E-state index contributed by atoms with van der Waals surface area (Å²) in [6.45, 7) is 1.19. The Labute approximate surface area is 108 Å². The van der Waals surface area contributed by atoms with Crippen molar-refractivity contribution in [1.29, 1.82) is 0 Å². The number of hydrogen-bond acceptors (Lipinski definition) is 4. The molecule has 2 heterocycles. The Bertz CT molecular complexity index is 331. The average molecular weight is 251 g/mol. The van der Waals surface area contributed by atoms with Crippen molar-refractivity contribution >= 4 is 11.8 Å². The first-order chi connectivity index (χ1) is 8.31. The van der Waals surface area contributed by atoms with Crippen LogP contribution in [0, 0.1) is 0 Å². The molecule has 1 aromatic rings. The van der Waals surface area contributed by atoms with Gasteiger partial charge in [0.15, 0.2) is 0 Å². The third kappa shape index (κ3) is 3.44. The van der Waals surface area contributed by atoms with E-state index in [0.717, 1.165) is 6.42 Å². The summed E-state index contributed by atoms with van der Waals surface area (Å²) in [5.74, 6) is 2.48. The first kappa shape index (κ1) is 12.9. The molecule has 0 aromatic carbocycles. The number of nitrogens with zero attached hydrogens (tertiary/aromatic N) is 2. The van der Waals surface area contributed by atoms with Crippen molar-refractivity contribution in [3.63, 3.8) is 0 Å². The van der Waals surface area contributed by atoms with Crippen LogP contribution in [0.5, 0.6) is 0 Å². The molecule has 94 valence electrons. The molecule has 2 unspecified atom stereocenters. The van der Waals surface area contributed by atoms with E-state index in [4.69, 9.17) is 0 Å². The van der Waals surface area contributed by atoms with Crippen LogP contribution in [0.15, 0.2) is 24.5 Å². The molecule has 1 saturated heterocycles. The smallest absolute Gasteiger partial charge is 0.0340 e. The molecular weight excluding hydrogens is 230 g/mol. The van der Waals surface area contributed by atoms with Gasteiger partial charge >= 0.3 is 0 Å². The Hall–Kier alpha value is -0.580. The van der Waals surface area contributed by atoms with Gasteiger partial charge in [-0.2, -0.15) is 11.8 Å². The van der Waals surface area contributed by atoms with Crippen LogP contribution >= 0.6 is 11.8 Å². The maximum absolute atomic E-state index is 4.19. The lowest BCUT2D eigenvalue weighted by molar-refractivity contribution is 0.219. The molecule has 1 fully saturated rings. The third-order valence-electron chi connectivity index (χ3n) is 3.46. The van der Waals surface area contributed by atoms with Gasteiger partial charge in [-0.3, -0.25) is 4.98 Å². The summed E-state index contributed by atoms with van der Waals surface area (Å²) >= 11 is 2.06. The summed E-state index contributed by atoms with van der Waals surface area (Å²) in [6.07, 6.45) is 4.86. The first-order valence-corrected chi connectivity index (χ1v) is 7.31. The molecule has 0 spiro atoms. The molecule has 2 rings (SSSR count). The summed E-state index contributed by atoms with van der Waals surface area (Å²) < 4.78 is 0. The van der Waals surface area contributed by atoms with Crippen LogP contribution < -0.4 is 5.32 Å². The highest BCUT2D eigenvalue weighted by atomic mass is 32.2. The van der Waals surface area contributed by atoms with Crippen LogP contribution in [0.4, 0.5) is 0 Å². The number of nitrogens with one attached hydrogen (secondary N) is 1. The predicted molar refractivity (Wildman–Crippen MR) is 74.5 cm³/mol. The second kappa shape index (κ2) is 6.38. The van der Waals surface area contributed by atoms with Gasteiger partial charge in [-0.25, -0.2) is 0 Å². The molecule has 0 amide bonds. The molecule has 4 heteroatoms. The fourth-order valence-corrected chi connectivity index (χ4v) is 3.64. The van der Waals surface area contributed by atoms with Gasteiger partial charge in [0, 0.05) is 42.5 Å². The van der Waals surface area contributed by atoms with Crippen LogP contribution in [0.3, 0.4) is 0 Å². The van der Waals surface area contributed by atoms with Crippen molar-refractivity contribution in [2.24, 2.45) is 0 Å². The molecule has 1 N–H and O–H groups in total. The number of rotatable bonds is 4. The quantitative estimate of drug-likeness (QED) is 0.872. The largest absolute Gasteiger partial charge is 0.315 e. The Morgan fingerprint density at radius 1 is 1.65 bits per heavy atom. The molecule has 0 aliphatic carbocycles. The van der Waals surface area contributed by atoms with Crippen molar-refractivity contribution in [2.75, 3.05) is 32.1 Å². The van der Waals surface area contributed by atoms with E-state index in [1.807, 2.05) is 18.5 Å². The first-order valence-electron chi connectivity index (χ1n) is 6.15. The van der Waals surface area contributed by atoms with Crippen molar-refractivity contribution in [2.45, 2.75) is 18.5 Å². The van der Waals surface area contributed by atoms with Crippen LogP contribution in [-0.2, 0) is 6.42 Å². The monoisotopic (exact) mass is 251 g/mol. The Kier molecular flexibility index (Phi) is 4.83. The molecule has 2 atom stereocenters. The summed E-state index contributed by atoms with van der Waals surface area (Å²) in [5.41, 5.74) is 1.32. The molecule has 0 bridgehead atoms. The minimum atomic E-state index is 0.511. The van der Waals surface area contributed by atoms with E-state index in [-0.39, 0.29) is 0 Å². The van der Waals surface area contributed by atoms with Gasteiger partial charge in [-0.1, -0.05) is 6.07 Å². The topological polar surface area (TPSA) is 28.2 Å². The minimum Gasteiger partial charge on any atom is -0.315 e. The Morgan fingerprint density at radius 3 is 3.18 bits per heavy atom. The number of thioether (sulfide) groups is 1. The average Bonchev–Trinajstić information content (AvgIpc) is 2.38. The lowest BCUT2D eigenvalue weighted by atomic mass is 10.0. The second-order valence-electron chi connectivity index (χ2n) is 4.58. The number of hydrogen-bond donors (Lipinski definition) is 1. The Morgan fingerprint density at radius 2 is 2.53 bits per heavy atom. The SMILES string of the molecule is CNC(Cc1cccnc1)C1CSCCN1C. The van der Waals surface area contributed by atoms with Gasteiger partial charge in [0.05, 0.1) is 0 Å². The van der Waals surface area contributed by atoms with E-state index in [1.54, 1.807) is 0 Å². The van der Waals surface area contributed by atoms with Crippen molar-refractivity contribution < 1.29 is 0 Å². The third-order valence-corrected chi connectivity index (χ3v) is 4.51. The molecular formula is C13H21N3S. The van der Waals surface area contributed by atoms with Gasteiger partial charge in [-0.15, -0.1) is 0 Å². The minimum absolute atomic E-state index is 0.511. The van der Waals surface area contributed by atoms with E-state index >= 15 is 0 Å². The molecule has 1 aliphatic heterocycles. The fraction of sp³-hybridized carbons (Fsp3) is 0.615. The maximum Gasteiger partial charge on any atom is 0.0340 e. The van der Waals surface area contributed by atoms with E-state index < -0.39 is 0 Å². The van der Waals surface area contributed by atoms with Crippen LogP contribution in [0.2, 0.25) is 0 Å². The molecule has 1 aromatic heterocycles. The summed E-state index contributed by atoms with van der Waals surface area (Å²) in [7, 11) is 4.30. The highest BCUT2D eigenvalue weighted by Gasteiger charge is 2.26. The molecule has 0 saturated carbocycles. The number of likely N-dealkylation sites (N-methyl/N-ethyl adjacent to an activating group) is 2. The van der Waals surface area contributed by atoms with Crippen LogP contribution in [0.25, 0.3) is 0 Å². The highest BCUT2D eigenvalue weighted by Crippen LogP contribution is 2.19. The fourth-order valence-electron chi connectivity index (χ4n) is 2.33. The standard InChI is InChI=1S/C13H21N3S/c1-14-12(8-11-4-3-5-15-9-11)13-10-17-7-6-16(13)2/h3-5,9,12-14H,6-8,10H2,1-2H3. The predicted octanol–water partition coefficient (Wildman–Crippen LogP) is 1.26. The molecule has 3 nitrogen and oxygen atoms in total. The van der Waals surface area contributed by atoms with Gasteiger partial charge in [0.2, 0.25) is 0 Å². The maximum atomic E-state index is 4.19. The van der Waals surface area contributed by atoms with E-state index in [0.29, 0.717) is 12.1 Å². The normalized spacial score (nSPS) is 23.5. The van der Waals surface area contributed by atoms with E-state index in [9.17, 15) is 0 Å². The van der Waals surface area contributed by atoms with Gasteiger partial charge in [-0.05, 0) is 32.1 Å². The highest BCUT2D eigenvalue weighted by molar-refractivity contribution is 7.99. The number of pyridine rings is 1. The zero-order chi connectivity index (χ0) is 12.1. The lowest BCUT2D eigenvalue weighted by Crippen LogP contribution is -2.52. The van der Waals surface area contributed by atoms with Crippen molar-refractivity contribution in [3.05, 3.63) is 30.1 Å². The molecule has 1 aliphatic rings. The van der Waals surface area contributed by atoms with Gasteiger partial charge in [0.1, 0.15) is 0 Å². The van der Waals surface area contributed by atoms with Gasteiger partial charge in [0.25, 0.3) is 0 Å². The Balaban J connectivity index is 2.00. The summed E-state index contributed by atoms with van der Waals surface area (Å²) in [6, 6.07) is 5.31. The van der Waals surface area contributed by atoms with Crippen LogP contribution in [0.1, 0.15) is 5.56 Å². The van der Waals surface area contributed by atoms with Crippen molar-refractivity contribution in [3.8, 4) is 0 Å².